The number of nitrogens with zero attached hydrogens (tertiary/aromatic N) is 1. The fourth-order valence-corrected chi connectivity index (χ4v) is 1.60. The quantitative estimate of drug-likeness (QED) is 0.862. The van der Waals surface area contributed by atoms with Gasteiger partial charge in [0, 0.05) is 12.3 Å². The monoisotopic (exact) mass is 246 g/mol. The fourth-order valence-electron chi connectivity index (χ4n) is 1.60. The molecule has 0 saturated carbocycles. The summed E-state index contributed by atoms with van der Waals surface area (Å²) in [5.41, 5.74) is 2.15. The van der Waals surface area contributed by atoms with Crippen molar-refractivity contribution in [2.75, 3.05) is 11.9 Å². The summed E-state index contributed by atoms with van der Waals surface area (Å²) in [4.78, 5) is 11.9. The molecule has 5 heteroatoms. The van der Waals surface area contributed by atoms with E-state index >= 15 is 0 Å². The normalized spacial score (nSPS) is 10.3. The molecule has 0 atom stereocenters. The predicted octanol–water partition coefficient (Wildman–Crippen LogP) is 1.77. The third-order valence-corrected chi connectivity index (χ3v) is 2.61. The zero-order chi connectivity index (χ0) is 13.0. The lowest BCUT2D eigenvalue weighted by molar-refractivity contribution is 0.102. The molecule has 0 radical (unpaired) electrons. The smallest absolute Gasteiger partial charge is 0.260 e. The third kappa shape index (κ3) is 2.75. The van der Waals surface area contributed by atoms with Crippen LogP contribution in [0.4, 0.5) is 5.69 Å². The number of aliphatic hydroxyl groups is 1. The lowest BCUT2D eigenvalue weighted by atomic mass is 10.1. The number of rotatable bonds is 4. The Morgan fingerprint density at radius 2 is 2.11 bits per heavy atom. The van der Waals surface area contributed by atoms with Crippen LogP contribution in [0, 0.1) is 6.92 Å². The van der Waals surface area contributed by atoms with Gasteiger partial charge in [0.1, 0.15) is 11.3 Å². The number of anilines is 1. The lowest BCUT2D eigenvalue weighted by Gasteiger charge is -2.05. The molecular weight excluding hydrogens is 232 g/mol. The Morgan fingerprint density at radius 1 is 1.39 bits per heavy atom. The van der Waals surface area contributed by atoms with Gasteiger partial charge in [-0.2, -0.15) is 0 Å². The fraction of sp³-hybridized carbons (Fsp3) is 0.231. The second-order valence-corrected chi connectivity index (χ2v) is 3.92. The molecule has 2 aromatic rings. The summed E-state index contributed by atoms with van der Waals surface area (Å²) in [6, 6.07) is 7.33. The first kappa shape index (κ1) is 12.3. The van der Waals surface area contributed by atoms with Crippen LogP contribution in [-0.2, 0) is 6.42 Å². The Kier molecular flexibility index (Phi) is 3.74. The van der Waals surface area contributed by atoms with Gasteiger partial charge >= 0.3 is 0 Å². The molecule has 0 saturated heterocycles. The van der Waals surface area contributed by atoms with Crippen LogP contribution in [0.1, 0.15) is 21.7 Å². The second-order valence-electron chi connectivity index (χ2n) is 3.92. The van der Waals surface area contributed by atoms with E-state index in [-0.39, 0.29) is 12.5 Å². The van der Waals surface area contributed by atoms with Crippen molar-refractivity contribution in [1.29, 1.82) is 0 Å². The average molecular weight is 246 g/mol. The number of hydrogen-bond acceptors (Lipinski definition) is 4. The molecule has 0 bridgehead atoms. The summed E-state index contributed by atoms with van der Waals surface area (Å²) in [6.45, 7) is 1.80. The first-order valence-corrected chi connectivity index (χ1v) is 5.63. The van der Waals surface area contributed by atoms with Crippen molar-refractivity contribution in [2.24, 2.45) is 0 Å². The molecule has 1 amide bonds. The molecule has 0 fully saturated rings. The Morgan fingerprint density at radius 3 is 2.67 bits per heavy atom. The van der Waals surface area contributed by atoms with E-state index in [1.165, 1.54) is 6.20 Å². The number of aromatic nitrogens is 1. The molecule has 0 spiro atoms. The molecule has 1 heterocycles. The third-order valence-electron chi connectivity index (χ3n) is 2.61. The molecule has 2 N–H and O–H groups in total. The lowest BCUT2D eigenvalue weighted by Crippen LogP contribution is -2.12. The van der Waals surface area contributed by atoms with Gasteiger partial charge in [-0.3, -0.25) is 4.79 Å². The molecule has 18 heavy (non-hydrogen) atoms. The van der Waals surface area contributed by atoms with Gasteiger partial charge in [-0.05, 0) is 31.0 Å². The average Bonchev–Trinajstić information content (AvgIpc) is 2.78. The van der Waals surface area contributed by atoms with Gasteiger partial charge in [-0.25, -0.2) is 0 Å². The van der Waals surface area contributed by atoms with Crippen LogP contribution >= 0.6 is 0 Å². The van der Waals surface area contributed by atoms with Gasteiger partial charge in [-0.1, -0.05) is 17.3 Å². The standard InChI is InChI=1S/C13H14N2O3/c1-9-12(8-14-18-9)13(17)15-11-4-2-10(3-5-11)6-7-16/h2-5,8,16H,6-7H2,1H3,(H,15,17). The minimum Gasteiger partial charge on any atom is -0.396 e. The van der Waals surface area contributed by atoms with Crippen LogP contribution in [0.5, 0.6) is 0 Å². The number of hydrogen-bond donors (Lipinski definition) is 2. The maximum absolute atomic E-state index is 11.9. The zero-order valence-corrected chi connectivity index (χ0v) is 10.0. The summed E-state index contributed by atoms with van der Waals surface area (Å²) in [7, 11) is 0. The Bertz CT molecular complexity index is 531. The SMILES string of the molecule is Cc1oncc1C(=O)Nc1ccc(CCO)cc1. The van der Waals surface area contributed by atoms with Crippen LogP contribution in [0.15, 0.2) is 35.0 Å². The summed E-state index contributed by atoms with van der Waals surface area (Å²) in [5.74, 6) is 0.244. The van der Waals surface area contributed by atoms with Gasteiger partial charge in [0.05, 0.1) is 6.20 Å². The summed E-state index contributed by atoms with van der Waals surface area (Å²) >= 11 is 0. The highest BCUT2D eigenvalue weighted by atomic mass is 16.5. The van der Waals surface area contributed by atoms with Crippen LogP contribution in [0.2, 0.25) is 0 Å². The van der Waals surface area contributed by atoms with E-state index in [0.29, 0.717) is 23.4 Å². The van der Waals surface area contributed by atoms with Crippen molar-refractivity contribution in [3.63, 3.8) is 0 Å². The maximum Gasteiger partial charge on any atom is 0.260 e. The van der Waals surface area contributed by atoms with Crippen LogP contribution in [0.3, 0.4) is 0 Å². The minimum absolute atomic E-state index is 0.117. The van der Waals surface area contributed by atoms with E-state index in [4.69, 9.17) is 9.63 Å². The molecule has 0 aliphatic rings. The summed E-state index contributed by atoms with van der Waals surface area (Å²) in [6.07, 6.45) is 2.00. The number of aryl methyl sites for hydroxylation is 1. The van der Waals surface area contributed by atoms with E-state index in [1.807, 2.05) is 12.1 Å². The molecule has 0 unspecified atom stereocenters. The molecule has 0 aliphatic heterocycles. The van der Waals surface area contributed by atoms with E-state index in [9.17, 15) is 4.79 Å². The minimum atomic E-state index is -0.247. The Labute approximate surface area is 104 Å². The number of amides is 1. The largest absolute Gasteiger partial charge is 0.396 e. The number of carbonyl (C=O) groups excluding carboxylic acids is 1. The highest BCUT2D eigenvalue weighted by Crippen LogP contribution is 2.13. The first-order valence-electron chi connectivity index (χ1n) is 5.63. The van der Waals surface area contributed by atoms with E-state index in [0.717, 1.165) is 5.56 Å². The topological polar surface area (TPSA) is 75.4 Å². The Hall–Kier alpha value is -2.14. The second kappa shape index (κ2) is 5.46. The van der Waals surface area contributed by atoms with E-state index in [1.54, 1.807) is 19.1 Å². The van der Waals surface area contributed by atoms with Gasteiger partial charge < -0.3 is 14.9 Å². The number of nitrogens with one attached hydrogen (secondary N) is 1. The van der Waals surface area contributed by atoms with Crippen molar-refractivity contribution in [1.82, 2.24) is 5.16 Å². The zero-order valence-electron chi connectivity index (χ0n) is 10.0. The van der Waals surface area contributed by atoms with Crippen LogP contribution in [-0.4, -0.2) is 22.8 Å². The van der Waals surface area contributed by atoms with Crippen molar-refractivity contribution < 1.29 is 14.4 Å². The molecule has 1 aromatic carbocycles. The molecule has 2 rings (SSSR count). The maximum atomic E-state index is 11.9. The molecule has 1 aromatic heterocycles. The van der Waals surface area contributed by atoms with Crippen LogP contribution in [0.25, 0.3) is 0 Å². The highest BCUT2D eigenvalue weighted by Gasteiger charge is 2.12. The molecule has 5 nitrogen and oxygen atoms in total. The highest BCUT2D eigenvalue weighted by molar-refractivity contribution is 6.04. The van der Waals surface area contributed by atoms with Gasteiger partial charge in [-0.15, -0.1) is 0 Å². The number of aliphatic hydroxyl groups excluding tert-OH is 1. The van der Waals surface area contributed by atoms with Gasteiger partial charge in [0.2, 0.25) is 0 Å². The summed E-state index contributed by atoms with van der Waals surface area (Å²) < 4.78 is 4.84. The van der Waals surface area contributed by atoms with Crippen molar-refractivity contribution in [3.8, 4) is 0 Å². The predicted molar refractivity (Wildman–Crippen MR) is 66.4 cm³/mol. The number of carbonyl (C=O) groups is 1. The molecule has 94 valence electrons. The van der Waals surface area contributed by atoms with E-state index < -0.39 is 0 Å². The Balaban J connectivity index is 2.05. The molecule has 0 aliphatic carbocycles. The van der Waals surface area contributed by atoms with Gasteiger partial charge in [0.15, 0.2) is 0 Å². The van der Waals surface area contributed by atoms with Crippen LogP contribution < -0.4 is 5.32 Å². The van der Waals surface area contributed by atoms with E-state index in [2.05, 4.69) is 10.5 Å². The van der Waals surface area contributed by atoms with Crippen molar-refractivity contribution >= 4 is 11.6 Å². The molecular formula is C13H14N2O3. The van der Waals surface area contributed by atoms with Gasteiger partial charge in [0.25, 0.3) is 5.91 Å². The number of benzene rings is 1. The summed E-state index contributed by atoms with van der Waals surface area (Å²) in [5, 5.41) is 15.1. The van der Waals surface area contributed by atoms with Crippen molar-refractivity contribution in [2.45, 2.75) is 13.3 Å². The van der Waals surface area contributed by atoms with Crippen molar-refractivity contribution in [3.05, 3.63) is 47.3 Å². The first-order chi connectivity index (χ1) is 8.70.